The second-order valence-corrected chi connectivity index (χ2v) is 4.33. The third kappa shape index (κ3) is 2.41. The molecule has 0 unspecified atom stereocenters. The number of aryl methyl sites for hydroxylation is 2. The number of nitrogens with zero attached hydrogens (tertiary/aromatic N) is 3. The summed E-state index contributed by atoms with van der Waals surface area (Å²) >= 11 is 3.42. The lowest BCUT2D eigenvalue weighted by molar-refractivity contribution is 0.660. The second-order valence-electron chi connectivity index (χ2n) is 3.47. The first kappa shape index (κ1) is 11.1. The van der Waals surface area contributed by atoms with Crippen LogP contribution < -0.4 is 5.32 Å². The molecule has 0 saturated heterocycles. The van der Waals surface area contributed by atoms with Crippen molar-refractivity contribution in [1.29, 1.82) is 0 Å². The van der Waals surface area contributed by atoms with Gasteiger partial charge in [-0.1, -0.05) is 0 Å². The van der Waals surface area contributed by atoms with Crippen molar-refractivity contribution in [1.82, 2.24) is 14.8 Å². The van der Waals surface area contributed by atoms with Crippen molar-refractivity contribution in [2.45, 2.75) is 20.4 Å². The molecule has 2 heterocycles. The van der Waals surface area contributed by atoms with Gasteiger partial charge in [0.1, 0.15) is 5.82 Å². The summed E-state index contributed by atoms with van der Waals surface area (Å²) in [6.45, 7) is 4.89. The minimum atomic E-state index is 0.830. The largest absolute Gasteiger partial charge is 0.338 e. The molecule has 0 aliphatic heterocycles. The molecular formula is C11H13BrN4. The summed E-state index contributed by atoms with van der Waals surface area (Å²) in [6, 6.07) is 3.91. The van der Waals surface area contributed by atoms with Crippen molar-refractivity contribution in [3.05, 3.63) is 34.7 Å². The number of hydrogen-bond donors (Lipinski definition) is 1. The topological polar surface area (TPSA) is 42.7 Å². The highest BCUT2D eigenvalue weighted by atomic mass is 79.9. The van der Waals surface area contributed by atoms with Crippen LogP contribution in [-0.2, 0) is 6.54 Å². The Morgan fingerprint density at radius 3 is 2.88 bits per heavy atom. The molecule has 0 amide bonds. The molecular weight excluding hydrogens is 268 g/mol. The first-order valence-corrected chi connectivity index (χ1v) is 5.91. The SMILES string of the molecule is CCn1cc(Nc2ccc(Br)c(C)n2)cn1. The van der Waals surface area contributed by atoms with E-state index in [1.54, 1.807) is 6.20 Å². The summed E-state index contributed by atoms with van der Waals surface area (Å²) in [7, 11) is 0. The van der Waals surface area contributed by atoms with Gasteiger partial charge in [0.05, 0.1) is 17.6 Å². The number of anilines is 2. The molecule has 84 valence electrons. The average Bonchev–Trinajstić information content (AvgIpc) is 2.71. The van der Waals surface area contributed by atoms with E-state index >= 15 is 0 Å². The van der Waals surface area contributed by atoms with Gasteiger partial charge in [0.2, 0.25) is 0 Å². The van der Waals surface area contributed by atoms with E-state index in [0.29, 0.717) is 0 Å². The van der Waals surface area contributed by atoms with E-state index in [4.69, 9.17) is 0 Å². The maximum absolute atomic E-state index is 4.41. The summed E-state index contributed by atoms with van der Waals surface area (Å²) in [4.78, 5) is 4.41. The van der Waals surface area contributed by atoms with Crippen LogP contribution in [0.5, 0.6) is 0 Å². The summed E-state index contributed by atoms with van der Waals surface area (Å²) in [5, 5.41) is 7.40. The molecule has 2 aromatic heterocycles. The molecule has 0 aromatic carbocycles. The lowest BCUT2D eigenvalue weighted by Crippen LogP contribution is -1.95. The summed E-state index contributed by atoms with van der Waals surface area (Å²) < 4.78 is 2.89. The number of nitrogens with one attached hydrogen (secondary N) is 1. The van der Waals surface area contributed by atoms with Crippen LogP contribution >= 0.6 is 15.9 Å². The van der Waals surface area contributed by atoms with Crippen LogP contribution in [0, 0.1) is 6.92 Å². The van der Waals surface area contributed by atoms with E-state index < -0.39 is 0 Å². The van der Waals surface area contributed by atoms with Crippen molar-refractivity contribution in [3.63, 3.8) is 0 Å². The molecule has 5 heteroatoms. The van der Waals surface area contributed by atoms with Gasteiger partial charge in [0.25, 0.3) is 0 Å². The van der Waals surface area contributed by atoms with E-state index in [9.17, 15) is 0 Å². The number of pyridine rings is 1. The molecule has 0 bridgehead atoms. The summed E-state index contributed by atoms with van der Waals surface area (Å²) in [5.41, 5.74) is 1.92. The Hall–Kier alpha value is -1.36. The molecule has 2 aromatic rings. The molecule has 1 N–H and O–H groups in total. The molecule has 0 spiro atoms. The number of rotatable bonds is 3. The number of halogens is 1. The van der Waals surface area contributed by atoms with Crippen molar-refractivity contribution >= 4 is 27.4 Å². The van der Waals surface area contributed by atoms with Gasteiger partial charge in [0, 0.05) is 17.2 Å². The van der Waals surface area contributed by atoms with Crippen LogP contribution in [0.4, 0.5) is 11.5 Å². The Morgan fingerprint density at radius 1 is 1.44 bits per heavy atom. The van der Waals surface area contributed by atoms with E-state index in [0.717, 1.165) is 28.2 Å². The van der Waals surface area contributed by atoms with Gasteiger partial charge in [-0.05, 0) is 41.9 Å². The monoisotopic (exact) mass is 280 g/mol. The predicted molar refractivity (Wildman–Crippen MR) is 67.9 cm³/mol. The molecule has 0 radical (unpaired) electrons. The zero-order valence-electron chi connectivity index (χ0n) is 9.24. The van der Waals surface area contributed by atoms with Gasteiger partial charge < -0.3 is 5.32 Å². The highest BCUT2D eigenvalue weighted by Gasteiger charge is 2.01. The van der Waals surface area contributed by atoms with Gasteiger partial charge >= 0.3 is 0 Å². The molecule has 0 atom stereocenters. The third-order valence-corrected chi connectivity index (χ3v) is 3.09. The lowest BCUT2D eigenvalue weighted by Gasteiger charge is -2.04. The van der Waals surface area contributed by atoms with Crippen molar-refractivity contribution in [2.24, 2.45) is 0 Å². The second kappa shape index (κ2) is 4.65. The summed E-state index contributed by atoms with van der Waals surface area (Å²) in [6.07, 6.45) is 3.75. The fourth-order valence-electron chi connectivity index (χ4n) is 1.36. The maximum atomic E-state index is 4.41. The Morgan fingerprint density at radius 2 is 2.25 bits per heavy atom. The highest BCUT2D eigenvalue weighted by molar-refractivity contribution is 9.10. The van der Waals surface area contributed by atoms with Crippen LogP contribution in [-0.4, -0.2) is 14.8 Å². The van der Waals surface area contributed by atoms with E-state index in [1.807, 2.05) is 29.9 Å². The average molecular weight is 281 g/mol. The molecule has 0 fully saturated rings. The first-order chi connectivity index (χ1) is 7.69. The minimum Gasteiger partial charge on any atom is -0.338 e. The van der Waals surface area contributed by atoms with Crippen LogP contribution in [0.3, 0.4) is 0 Å². The number of aromatic nitrogens is 3. The fourth-order valence-corrected chi connectivity index (χ4v) is 1.58. The Kier molecular flexibility index (Phi) is 3.24. The first-order valence-electron chi connectivity index (χ1n) is 5.11. The maximum Gasteiger partial charge on any atom is 0.130 e. The molecule has 0 saturated carbocycles. The molecule has 4 nitrogen and oxygen atoms in total. The van der Waals surface area contributed by atoms with Crippen molar-refractivity contribution < 1.29 is 0 Å². The zero-order chi connectivity index (χ0) is 11.5. The van der Waals surface area contributed by atoms with Gasteiger partial charge in [-0.25, -0.2) is 4.98 Å². The molecule has 0 aliphatic rings. The number of hydrogen-bond acceptors (Lipinski definition) is 3. The fraction of sp³-hybridized carbons (Fsp3) is 0.273. The van der Waals surface area contributed by atoms with Gasteiger partial charge in [-0.15, -0.1) is 0 Å². The third-order valence-electron chi connectivity index (χ3n) is 2.25. The van der Waals surface area contributed by atoms with Crippen LogP contribution in [0.2, 0.25) is 0 Å². The predicted octanol–water partition coefficient (Wildman–Crippen LogP) is 3.11. The minimum absolute atomic E-state index is 0.830. The standard InChI is InChI=1S/C11H13BrN4/c1-3-16-7-9(6-13-16)15-11-5-4-10(12)8(2)14-11/h4-7H,3H2,1-2H3,(H,14,15). The van der Waals surface area contributed by atoms with Crippen LogP contribution in [0.25, 0.3) is 0 Å². The molecule has 16 heavy (non-hydrogen) atoms. The van der Waals surface area contributed by atoms with Crippen LogP contribution in [0.15, 0.2) is 29.0 Å². The van der Waals surface area contributed by atoms with Gasteiger partial charge in [-0.2, -0.15) is 5.10 Å². The van der Waals surface area contributed by atoms with Crippen molar-refractivity contribution in [3.8, 4) is 0 Å². The Labute approximate surface area is 103 Å². The Bertz CT molecular complexity index is 492. The van der Waals surface area contributed by atoms with Gasteiger partial charge in [-0.3, -0.25) is 4.68 Å². The van der Waals surface area contributed by atoms with Crippen LogP contribution in [0.1, 0.15) is 12.6 Å². The Balaban J connectivity index is 2.17. The van der Waals surface area contributed by atoms with Crippen molar-refractivity contribution in [2.75, 3.05) is 5.32 Å². The summed E-state index contributed by atoms with van der Waals surface area (Å²) in [5.74, 6) is 0.830. The lowest BCUT2D eigenvalue weighted by atomic mass is 10.3. The smallest absolute Gasteiger partial charge is 0.130 e. The quantitative estimate of drug-likeness (QED) is 0.940. The molecule has 2 rings (SSSR count). The van der Waals surface area contributed by atoms with E-state index in [2.05, 4.69) is 38.3 Å². The van der Waals surface area contributed by atoms with E-state index in [1.165, 1.54) is 0 Å². The van der Waals surface area contributed by atoms with Gasteiger partial charge in [0.15, 0.2) is 0 Å². The normalized spacial score (nSPS) is 10.4. The molecule has 0 aliphatic carbocycles. The highest BCUT2D eigenvalue weighted by Crippen LogP contribution is 2.19. The van der Waals surface area contributed by atoms with E-state index in [-0.39, 0.29) is 0 Å². The zero-order valence-corrected chi connectivity index (χ0v) is 10.8.